The predicted molar refractivity (Wildman–Crippen MR) is 78.1 cm³/mol. The lowest BCUT2D eigenvalue weighted by molar-refractivity contribution is 0.108. The number of aromatic nitrogens is 1. The molecule has 0 radical (unpaired) electrons. The molecule has 0 unspecified atom stereocenters. The summed E-state index contributed by atoms with van der Waals surface area (Å²) in [6.45, 7) is 3.92. The number of halogens is 1. The van der Waals surface area contributed by atoms with Crippen LogP contribution in [0.25, 0.3) is 10.9 Å². The standard InChI is InChI=1S/C15H15ClN2O/c1-10-4-5-13-11(8-10)9-12(14(16)19)15(17-13)18-6-2-3-7-18/h4-5,8-9H,2-3,6-7H2,1H3. The maximum absolute atomic E-state index is 11.7. The van der Waals surface area contributed by atoms with E-state index in [1.807, 2.05) is 31.2 Å². The predicted octanol–water partition coefficient (Wildman–Crippen LogP) is 3.52. The van der Waals surface area contributed by atoms with Crippen molar-refractivity contribution in [2.24, 2.45) is 0 Å². The number of carbonyl (C=O) groups is 1. The number of hydrogen-bond donors (Lipinski definition) is 0. The van der Waals surface area contributed by atoms with Gasteiger partial charge in [-0.3, -0.25) is 4.79 Å². The Bertz CT molecular complexity index is 648. The van der Waals surface area contributed by atoms with Gasteiger partial charge in [0.1, 0.15) is 5.82 Å². The molecule has 1 saturated heterocycles. The molecule has 98 valence electrons. The van der Waals surface area contributed by atoms with Crippen molar-refractivity contribution in [3.05, 3.63) is 35.4 Å². The fourth-order valence-corrected chi connectivity index (χ4v) is 2.74. The monoisotopic (exact) mass is 274 g/mol. The van der Waals surface area contributed by atoms with E-state index in [0.29, 0.717) is 5.56 Å². The zero-order valence-corrected chi connectivity index (χ0v) is 11.6. The highest BCUT2D eigenvalue weighted by molar-refractivity contribution is 6.68. The van der Waals surface area contributed by atoms with Gasteiger partial charge in [0.05, 0.1) is 11.1 Å². The normalized spacial score (nSPS) is 15.2. The van der Waals surface area contributed by atoms with Crippen molar-refractivity contribution in [3.8, 4) is 0 Å². The fraction of sp³-hybridized carbons (Fsp3) is 0.333. The van der Waals surface area contributed by atoms with E-state index < -0.39 is 5.24 Å². The minimum absolute atomic E-state index is 0.433. The van der Waals surface area contributed by atoms with Crippen LogP contribution in [0.15, 0.2) is 24.3 Å². The van der Waals surface area contributed by atoms with Crippen LogP contribution >= 0.6 is 11.6 Å². The Balaban J connectivity index is 2.20. The Morgan fingerprint density at radius 2 is 2.00 bits per heavy atom. The van der Waals surface area contributed by atoms with E-state index in [9.17, 15) is 4.79 Å². The third-order valence-corrected chi connectivity index (χ3v) is 3.77. The highest BCUT2D eigenvalue weighted by atomic mass is 35.5. The lowest BCUT2D eigenvalue weighted by atomic mass is 10.1. The molecule has 0 amide bonds. The number of benzene rings is 1. The van der Waals surface area contributed by atoms with E-state index in [2.05, 4.69) is 9.88 Å². The van der Waals surface area contributed by atoms with Crippen molar-refractivity contribution in [1.82, 2.24) is 4.98 Å². The van der Waals surface area contributed by atoms with Gasteiger partial charge in [0.25, 0.3) is 5.24 Å². The van der Waals surface area contributed by atoms with Crippen LogP contribution in [0.5, 0.6) is 0 Å². The smallest absolute Gasteiger partial charge is 0.256 e. The number of pyridine rings is 1. The van der Waals surface area contributed by atoms with Gasteiger partial charge >= 0.3 is 0 Å². The maximum atomic E-state index is 11.7. The van der Waals surface area contributed by atoms with Gasteiger partial charge < -0.3 is 4.90 Å². The van der Waals surface area contributed by atoms with Gasteiger partial charge in [0, 0.05) is 18.5 Å². The number of nitrogens with zero attached hydrogens (tertiary/aromatic N) is 2. The quantitative estimate of drug-likeness (QED) is 0.786. The van der Waals surface area contributed by atoms with Gasteiger partial charge in [-0.2, -0.15) is 0 Å². The third-order valence-electron chi connectivity index (χ3n) is 3.57. The van der Waals surface area contributed by atoms with E-state index in [0.717, 1.165) is 48.2 Å². The first-order chi connectivity index (χ1) is 9.15. The summed E-state index contributed by atoms with van der Waals surface area (Å²) in [6, 6.07) is 7.91. The Labute approximate surface area is 117 Å². The van der Waals surface area contributed by atoms with Crippen LogP contribution in [0, 0.1) is 6.92 Å². The Morgan fingerprint density at radius 3 is 2.68 bits per heavy atom. The zero-order chi connectivity index (χ0) is 13.4. The average molecular weight is 275 g/mol. The number of anilines is 1. The molecule has 2 heterocycles. The molecule has 0 atom stereocenters. The molecule has 1 aromatic carbocycles. The molecular weight excluding hydrogens is 260 g/mol. The fourth-order valence-electron chi connectivity index (χ4n) is 2.60. The van der Waals surface area contributed by atoms with Crippen molar-refractivity contribution < 1.29 is 4.79 Å². The van der Waals surface area contributed by atoms with Gasteiger partial charge in [0.2, 0.25) is 0 Å². The van der Waals surface area contributed by atoms with Crippen molar-refractivity contribution in [2.75, 3.05) is 18.0 Å². The Morgan fingerprint density at radius 1 is 1.26 bits per heavy atom. The summed E-state index contributed by atoms with van der Waals surface area (Å²) < 4.78 is 0. The largest absolute Gasteiger partial charge is 0.356 e. The molecule has 1 aliphatic heterocycles. The van der Waals surface area contributed by atoms with Gasteiger partial charge in [-0.25, -0.2) is 4.98 Å². The average Bonchev–Trinajstić information content (AvgIpc) is 2.90. The zero-order valence-electron chi connectivity index (χ0n) is 10.8. The van der Waals surface area contributed by atoms with E-state index in [1.165, 1.54) is 0 Å². The molecule has 3 nitrogen and oxygen atoms in total. The number of hydrogen-bond acceptors (Lipinski definition) is 3. The lowest BCUT2D eigenvalue weighted by Gasteiger charge is -2.19. The highest BCUT2D eigenvalue weighted by Crippen LogP contribution is 2.28. The minimum atomic E-state index is -0.433. The van der Waals surface area contributed by atoms with Crippen molar-refractivity contribution in [1.29, 1.82) is 0 Å². The summed E-state index contributed by atoms with van der Waals surface area (Å²) in [4.78, 5) is 18.4. The van der Waals surface area contributed by atoms with Gasteiger partial charge in [0.15, 0.2) is 0 Å². The lowest BCUT2D eigenvalue weighted by Crippen LogP contribution is -2.21. The molecule has 0 aliphatic carbocycles. The molecule has 2 aromatic rings. The van der Waals surface area contributed by atoms with Crippen LogP contribution in [0.4, 0.5) is 5.82 Å². The summed E-state index contributed by atoms with van der Waals surface area (Å²) >= 11 is 5.72. The van der Waals surface area contributed by atoms with E-state index in [1.54, 1.807) is 0 Å². The number of aryl methyl sites for hydroxylation is 1. The molecule has 0 bridgehead atoms. The Kier molecular flexibility index (Phi) is 3.15. The van der Waals surface area contributed by atoms with E-state index in [-0.39, 0.29) is 0 Å². The van der Waals surface area contributed by atoms with E-state index in [4.69, 9.17) is 11.6 Å². The van der Waals surface area contributed by atoms with Crippen LogP contribution in [-0.4, -0.2) is 23.3 Å². The van der Waals surface area contributed by atoms with Crippen LogP contribution in [0.3, 0.4) is 0 Å². The summed E-state index contributed by atoms with van der Waals surface area (Å²) in [5.74, 6) is 0.730. The van der Waals surface area contributed by atoms with Crippen molar-refractivity contribution >= 4 is 33.6 Å². The van der Waals surface area contributed by atoms with Gasteiger partial charge in [-0.15, -0.1) is 0 Å². The first kappa shape index (κ1) is 12.4. The number of rotatable bonds is 2. The minimum Gasteiger partial charge on any atom is -0.356 e. The molecule has 19 heavy (non-hydrogen) atoms. The second-order valence-corrected chi connectivity index (χ2v) is 5.37. The highest BCUT2D eigenvalue weighted by Gasteiger charge is 2.20. The first-order valence-corrected chi connectivity index (χ1v) is 6.89. The number of fused-ring (bicyclic) bond motifs is 1. The number of carbonyl (C=O) groups excluding carboxylic acids is 1. The molecule has 4 heteroatoms. The van der Waals surface area contributed by atoms with Crippen LogP contribution < -0.4 is 4.90 Å². The summed E-state index contributed by atoms with van der Waals surface area (Å²) in [5, 5.41) is 0.532. The Hall–Kier alpha value is -1.61. The molecule has 0 spiro atoms. The van der Waals surface area contributed by atoms with Gasteiger partial charge in [-0.05, 0) is 49.6 Å². The third kappa shape index (κ3) is 2.30. The molecule has 3 rings (SSSR count). The summed E-state index contributed by atoms with van der Waals surface area (Å²) in [7, 11) is 0. The summed E-state index contributed by atoms with van der Waals surface area (Å²) in [5.41, 5.74) is 2.58. The van der Waals surface area contributed by atoms with Crippen molar-refractivity contribution in [2.45, 2.75) is 19.8 Å². The molecule has 0 N–H and O–H groups in total. The van der Waals surface area contributed by atoms with Crippen LogP contribution in [-0.2, 0) is 0 Å². The van der Waals surface area contributed by atoms with Crippen LogP contribution in [0.2, 0.25) is 0 Å². The summed E-state index contributed by atoms with van der Waals surface area (Å²) in [6.07, 6.45) is 2.28. The SMILES string of the molecule is Cc1ccc2nc(N3CCCC3)c(C(=O)Cl)cc2c1. The molecular formula is C15H15ClN2O. The molecule has 0 saturated carbocycles. The van der Waals surface area contributed by atoms with Crippen molar-refractivity contribution in [3.63, 3.8) is 0 Å². The molecule has 1 aromatic heterocycles. The maximum Gasteiger partial charge on any atom is 0.256 e. The molecule has 1 aliphatic rings. The second-order valence-electron chi connectivity index (χ2n) is 5.02. The van der Waals surface area contributed by atoms with E-state index >= 15 is 0 Å². The van der Waals surface area contributed by atoms with Gasteiger partial charge in [-0.1, -0.05) is 11.6 Å². The topological polar surface area (TPSA) is 33.2 Å². The van der Waals surface area contributed by atoms with Crippen LogP contribution in [0.1, 0.15) is 28.8 Å². The first-order valence-electron chi connectivity index (χ1n) is 6.51. The second kappa shape index (κ2) is 4.82. The molecule has 1 fully saturated rings.